The van der Waals surface area contributed by atoms with Gasteiger partial charge in [-0.25, -0.2) is 0 Å². The number of carbonyl (C=O) groups excluding carboxylic acids is 1. The minimum atomic E-state index is -0.991. The normalized spacial score (nSPS) is 17.7. The quantitative estimate of drug-likeness (QED) is 0.912. The molecule has 0 radical (unpaired) electrons. The summed E-state index contributed by atoms with van der Waals surface area (Å²) < 4.78 is 0. The summed E-state index contributed by atoms with van der Waals surface area (Å²) >= 11 is 0. The summed E-state index contributed by atoms with van der Waals surface area (Å²) in [4.78, 5) is 24.4. The number of hydrogen-bond acceptors (Lipinski definition) is 3. The Balaban J connectivity index is 1.97. The van der Waals surface area contributed by atoms with Crippen LogP contribution in [0.1, 0.15) is 6.42 Å². The number of aromatic hydroxyl groups is 1. The Morgan fingerprint density at radius 1 is 1.09 bits per heavy atom. The molecule has 0 spiro atoms. The van der Waals surface area contributed by atoms with Crippen molar-refractivity contribution in [3.8, 4) is 16.9 Å². The lowest BCUT2D eigenvalue weighted by Crippen LogP contribution is -2.25. The van der Waals surface area contributed by atoms with Crippen molar-refractivity contribution in [2.24, 2.45) is 5.92 Å². The molecule has 0 saturated carbocycles. The lowest BCUT2D eigenvalue weighted by atomic mass is 10.0. The van der Waals surface area contributed by atoms with Crippen molar-refractivity contribution >= 4 is 17.6 Å². The average Bonchev–Trinajstić information content (AvgIpc) is 2.91. The van der Waals surface area contributed by atoms with Crippen molar-refractivity contribution in [2.45, 2.75) is 6.42 Å². The molecule has 2 aromatic rings. The zero-order chi connectivity index (χ0) is 15.7. The van der Waals surface area contributed by atoms with E-state index in [4.69, 9.17) is 5.11 Å². The highest BCUT2D eigenvalue weighted by Crippen LogP contribution is 2.35. The van der Waals surface area contributed by atoms with Gasteiger partial charge in [-0.1, -0.05) is 36.4 Å². The first kappa shape index (κ1) is 14.1. The smallest absolute Gasteiger partial charge is 0.308 e. The summed E-state index contributed by atoms with van der Waals surface area (Å²) in [5, 5.41) is 19.1. The SMILES string of the molecule is O=C(O)[C@@H]1CC(=O)N(c2cc(-c3ccccc3)ccc2O)C1. The zero-order valence-electron chi connectivity index (χ0n) is 11.8. The maximum Gasteiger partial charge on any atom is 0.308 e. The lowest BCUT2D eigenvalue weighted by Gasteiger charge is -2.18. The predicted octanol–water partition coefficient (Wildman–Crippen LogP) is 2.50. The van der Waals surface area contributed by atoms with Gasteiger partial charge in [0.25, 0.3) is 0 Å². The molecule has 3 rings (SSSR count). The van der Waals surface area contributed by atoms with E-state index in [2.05, 4.69) is 0 Å². The molecule has 2 N–H and O–H groups in total. The number of phenolic OH excluding ortho intramolecular Hbond substituents is 1. The fourth-order valence-corrected chi connectivity index (χ4v) is 2.66. The van der Waals surface area contributed by atoms with Gasteiger partial charge < -0.3 is 15.1 Å². The van der Waals surface area contributed by atoms with Gasteiger partial charge in [-0.3, -0.25) is 9.59 Å². The third kappa shape index (κ3) is 2.53. The molecule has 22 heavy (non-hydrogen) atoms. The number of amides is 1. The minimum Gasteiger partial charge on any atom is -0.506 e. The highest BCUT2D eigenvalue weighted by atomic mass is 16.4. The molecule has 1 saturated heterocycles. The molecule has 0 aliphatic carbocycles. The van der Waals surface area contributed by atoms with Gasteiger partial charge in [0.2, 0.25) is 5.91 Å². The fraction of sp³-hybridized carbons (Fsp3) is 0.176. The summed E-state index contributed by atoms with van der Waals surface area (Å²) in [7, 11) is 0. The molecular weight excluding hydrogens is 282 g/mol. The Hall–Kier alpha value is -2.82. The second-order valence-corrected chi connectivity index (χ2v) is 5.31. The molecule has 112 valence electrons. The van der Waals surface area contributed by atoms with E-state index in [0.29, 0.717) is 5.69 Å². The fourth-order valence-electron chi connectivity index (χ4n) is 2.66. The summed E-state index contributed by atoms with van der Waals surface area (Å²) in [5.74, 6) is -2.03. The number of rotatable bonds is 3. The molecule has 1 aliphatic rings. The second-order valence-electron chi connectivity index (χ2n) is 5.31. The van der Waals surface area contributed by atoms with Crippen LogP contribution in [0, 0.1) is 5.92 Å². The number of carboxylic acids is 1. The predicted molar refractivity (Wildman–Crippen MR) is 81.6 cm³/mol. The van der Waals surface area contributed by atoms with Crippen LogP contribution in [-0.2, 0) is 9.59 Å². The Morgan fingerprint density at radius 2 is 1.82 bits per heavy atom. The number of aliphatic carboxylic acids is 1. The van der Waals surface area contributed by atoms with Gasteiger partial charge in [-0.15, -0.1) is 0 Å². The second kappa shape index (κ2) is 5.52. The molecule has 1 heterocycles. The average molecular weight is 297 g/mol. The monoisotopic (exact) mass is 297 g/mol. The van der Waals surface area contributed by atoms with Crippen LogP contribution in [0.3, 0.4) is 0 Å². The Kier molecular flexibility index (Phi) is 3.55. The van der Waals surface area contributed by atoms with Crippen LogP contribution < -0.4 is 4.90 Å². The molecule has 1 fully saturated rings. The Bertz CT molecular complexity index is 727. The van der Waals surface area contributed by atoms with E-state index in [1.165, 1.54) is 11.0 Å². The molecule has 1 aliphatic heterocycles. The van der Waals surface area contributed by atoms with Crippen molar-refractivity contribution < 1.29 is 19.8 Å². The summed E-state index contributed by atoms with van der Waals surface area (Å²) in [6.45, 7) is 0.0833. The number of nitrogens with zero attached hydrogens (tertiary/aromatic N) is 1. The number of benzene rings is 2. The van der Waals surface area contributed by atoms with Gasteiger partial charge in [0, 0.05) is 13.0 Å². The maximum atomic E-state index is 12.0. The first-order chi connectivity index (χ1) is 10.6. The largest absolute Gasteiger partial charge is 0.506 e. The first-order valence-corrected chi connectivity index (χ1v) is 6.98. The van der Waals surface area contributed by atoms with E-state index in [1.54, 1.807) is 12.1 Å². The number of hydrogen-bond donors (Lipinski definition) is 2. The van der Waals surface area contributed by atoms with Crippen LogP contribution in [0.5, 0.6) is 5.75 Å². The van der Waals surface area contributed by atoms with E-state index in [0.717, 1.165) is 11.1 Å². The van der Waals surface area contributed by atoms with E-state index in [9.17, 15) is 14.7 Å². The molecule has 5 nitrogen and oxygen atoms in total. The Labute approximate surface area is 127 Å². The molecule has 1 amide bonds. The van der Waals surface area contributed by atoms with Gasteiger partial charge in [0.05, 0.1) is 11.6 Å². The van der Waals surface area contributed by atoms with E-state index in [1.807, 2.05) is 30.3 Å². The number of anilines is 1. The third-order valence-corrected chi connectivity index (χ3v) is 3.85. The van der Waals surface area contributed by atoms with E-state index >= 15 is 0 Å². The summed E-state index contributed by atoms with van der Waals surface area (Å²) in [5.41, 5.74) is 2.18. The van der Waals surface area contributed by atoms with Crippen LogP contribution in [0.2, 0.25) is 0 Å². The van der Waals surface area contributed by atoms with Gasteiger partial charge >= 0.3 is 5.97 Å². The molecule has 0 aromatic heterocycles. The zero-order valence-corrected chi connectivity index (χ0v) is 11.8. The van der Waals surface area contributed by atoms with Crippen LogP contribution in [0.15, 0.2) is 48.5 Å². The molecule has 0 bridgehead atoms. The van der Waals surface area contributed by atoms with Gasteiger partial charge in [0.15, 0.2) is 0 Å². The van der Waals surface area contributed by atoms with Crippen LogP contribution in [-0.4, -0.2) is 28.6 Å². The Morgan fingerprint density at radius 3 is 2.45 bits per heavy atom. The first-order valence-electron chi connectivity index (χ1n) is 6.98. The van der Waals surface area contributed by atoms with E-state index in [-0.39, 0.29) is 24.6 Å². The number of carbonyl (C=O) groups is 2. The third-order valence-electron chi connectivity index (χ3n) is 3.85. The summed E-state index contributed by atoms with van der Waals surface area (Å²) in [6, 6.07) is 14.6. The van der Waals surface area contributed by atoms with E-state index < -0.39 is 11.9 Å². The minimum absolute atomic E-state index is 0.0286. The van der Waals surface area contributed by atoms with Crippen LogP contribution in [0.4, 0.5) is 5.69 Å². The van der Waals surface area contributed by atoms with Gasteiger partial charge in [-0.05, 0) is 23.3 Å². The standard InChI is InChI=1S/C17H15NO4/c19-15-7-6-12(11-4-2-1-3-5-11)8-14(15)18-10-13(17(21)22)9-16(18)20/h1-8,13,19H,9-10H2,(H,21,22)/t13-/m1/s1. The highest BCUT2D eigenvalue weighted by Gasteiger charge is 2.36. The maximum absolute atomic E-state index is 12.0. The van der Waals surface area contributed by atoms with Gasteiger partial charge in [-0.2, -0.15) is 0 Å². The highest BCUT2D eigenvalue weighted by molar-refractivity contribution is 6.00. The van der Waals surface area contributed by atoms with Crippen molar-refractivity contribution in [1.29, 1.82) is 0 Å². The van der Waals surface area contributed by atoms with Crippen LogP contribution >= 0.6 is 0 Å². The molecule has 2 aromatic carbocycles. The molecule has 1 atom stereocenters. The molecule has 0 unspecified atom stereocenters. The topological polar surface area (TPSA) is 77.8 Å². The number of carboxylic acid groups (broad SMARTS) is 1. The van der Waals surface area contributed by atoms with Gasteiger partial charge in [0.1, 0.15) is 5.75 Å². The molecular formula is C17H15NO4. The van der Waals surface area contributed by atoms with Crippen molar-refractivity contribution in [3.63, 3.8) is 0 Å². The van der Waals surface area contributed by atoms with Crippen molar-refractivity contribution in [2.75, 3.05) is 11.4 Å². The molecule has 5 heteroatoms. The summed E-state index contributed by atoms with van der Waals surface area (Å²) in [6.07, 6.45) is -0.0374. The lowest BCUT2D eigenvalue weighted by molar-refractivity contribution is -0.141. The van der Waals surface area contributed by atoms with Crippen molar-refractivity contribution in [1.82, 2.24) is 0 Å². The van der Waals surface area contributed by atoms with Crippen molar-refractivity contribution in [3.05, 3.63) is 48.5 Å². The van der Waals surface area contributed by atoms with Crippen LogP contribution in [0.25, 0.3) is 11.1 Å². The number of phenols is 1.